The first-order chi connectivity index (χ1) is 9.11. The van der Waals surface area contributed by atoms with E-state index in [1.54, 1.807) is 17.4 Å². The van der Waals surface area contributed by atoms with Crippen molar-refractivity contribution in [1.29, 1.82) is 0 Å². The van der Waals surface area contributed by atoms with Gasteiger partial charge in [-0.25, -0.2) is 0 Å². The van der Waals surface area contributed by atoms with Crippen LogP contribution in [0.15, 0.2) is 29.6 Å². The topological polar surface area (TPSA) is 38.0 Å². The molecule has 2 aromatic rings. The van der Waals surface area contributed by atoms with Crippen LogP contribution in [0.3, 0.4) is 0 Å². The smallest absolute Gasteiger partial charge is 0.104 e. The fraction of sp³-hybridized carbons (Fsp3) is 0.214. The Morgan fingerprint density at radius 2 is 2.21 bits per heavy atom. The summed E-state index contributed by atoms with van der Waals surface area (Å²) in [5, 5.41) is 6.11. The van der Waals surface area contributed by atoms with Crippen LogP contribution in [0.25, 0.3) is 0 Å². The Morgan fingerprint density at radius 3 is 2.84 bits per heavy atom. The average molecular weight is 311 g/mol. The van der Waals surface area contributed by atoms with E-state index >= 15 is 0 Å². The molecule has 3 N–H and O–H groups in total. The van der Waals surface area contributed by atoms with Crippen molar-refractivity contribution in [3.8, 4) is 0 Å². The minimum Gasteiger partial charge on any atom is -0.389 e. The zero-order valence-electron chi connectivity index (χ0n) is 10.6. The highest BCUT2D eigenvalue weighted by molar-refractivity contribution is 7.80. The number of anilines is 1. The Morgan fingerprint density at radius 1 is 1.42 bits per heavy atom. The van der Waals surface area contributed by atoms with Crippen LogP contribution in [-0.4, -0.2) is 4.99 Å². The lowest BCUT2D eigenvalue weighted by Crippen LogP contribution is -2.09. The molecule has 0 saturated heterocycles. The van der Waals surface area contributed by atoms with Gasteiger partial charge in [0.15, 0.2) is 0 Å². The predicted molar refractivity (Wildman–Crippen MR) is 88.4 cm³/mol. The van der Waals surface area contributed by atoms with Crippen LogP contribution in [0.4, 0.5) is 5.69 Å². The number of aryl methyl sites for hydroxylation is 1. The average Bonchev–Trinajstić information content (AvgIpc) is 2.84. The molecule has 0 spiro atoms. The summed E-state index contributed by atoms with van der Waals surface area (Å²) in [6, 6.07) is 7.75. The molecule has 2 rings (SSSR count). The van der Waals surface area contributed by atoms with Crippen LogP contribution in [0.1, 0.15) is 22.9 Å². The largest absolute Gasteiger partial charge is 0.389 e. The third-order valence-electron chi connectivity index (χ3n) is 2.91. The summed E-state index contributed by atoms with van der Waals surface area (Å²) in [6.45, 7) is 2.95. The molecule has 0 fully saturated rings. The maximum Gasteiger partial charge on any atom is 0.104 e. The van der Waals surface area contributed by atoms with Gasteiger partial charge >= 0.3 is 0 Å². The minimum atomic E-state index is 0.361. The lowest BCUT2D eigenvalue weighted by Gasteiger charge is -2.10. The summed E-state index contributed by atoms with van der Waals surface area (Å²) in [5.41, 5.74) is 8.65. The fourth-order valence-corrected chi connectivity index (χ4v) is 3.11. The lowest BCUT2D eigenvalue weighted by atomic mass is 10.2. The first kappa shape index (κ1) is 14.3. The van der Waals surface area contributed by atoms with E-state index in [0.717, 1.165) is 24.2 Å². The standard InChI is InChI=1S/C14H15ClN2S2/c1-2-9-5-6-19-13(9)8-17-12-4-3-10(14(16)18)7-11(12)15/h3-7,17H,2,8H2,1H3,(H2,16,18). The van der Waals surface area contributed by atoms with Gasteiger partial charge in [0.05, 0.1) is 10.7 Å². The van der Waals surface area contributed by atoms with Gasteiger partial charge in [-0.05, 0) is 41.6 Å². The first-order valence-corrected chi connectivity index (χ1v) is 7.67. The van der Waals surface area contributed by atoms with Gasteiger partial charge < -0.3 is 11.1 Å². The maximum atomic E-state index is 6.21. The van der Waals surface area contributed by atoms with Crippen molar-refractivity contribution < 1.29 is 0 Å². The van der Waals surface area contributed by atoms with Crippen molar-refractivity contribution in [2.45, 2.75) is 19.9 Å². The molecule has 0 aliphatic heterocycles. The molecule has 19 heavy (non-hydrogen) atoms. The van der Waals surface area contributed by atoms with Crippen molar-refractivity contribution in [1.82, 2.24) is 0 Å². The summed E-state index contributed by atoms with van der Waals surface area (Å²) in [7, 11) is 0. The maximum absolute atomic E-state index is 6.21. The summed E-state index contributed by atoms with van der Waals surface area (Å²) in [6.07, 6.45) is 1.05. The zero-order valence-corrected chi connectivity index (χ0v) is 13.0. The highest BCUT2D eigenvalue weighted by Gasteiger charge is 2.06. The minimum absolute atomic E-state index is 0.361. The molecule has 0 aliphatic rings. The van der Waals surface area contributed by atoms with Crippen molar-refractivity contribution in [2.24, 2.45) is 5.73 Å². The second-order valence-corrected chi connectivity index (χ2v) is 5.98. The van der Waals surface area contributed by atoms with Gasteiger partial charge in [-0.2, -0.15) is 0 Å². The van der Waals surface area contributed by atoms with Gasteiger partial charge in [-0.1, -0.05) is 30.7 Å². The number of halogens is 1. The van der Waals surface area contributed by atoms with Gasteiger partial charge in [0.2, 0.25) is 0 Å². The molecule has 0 bridgehead atoms. The summed E-state index contributed by atoms with van der Waals surface area (Å²) in [4.78, 5) is 1.71. The normalized spacial score (nSPS) is 10.4. The van der Waals surface area contributed by atoms with Gasteiger partial charge in [-0.15, -0.1) is 11.3 Å². The van der Waals surface area contributed by atoms with Crippen LogP contribution in [0, 0.1) is 0 Å². The van der Waals surface area contributed by atoms with Crippen LogP contribution in [0.5, 0.6) is 0 Å². The molecular formula is C14H15ClN2S2. The third kappa shape index (κ3) is 3.47. The molecule has 0 saturated carbocycles. The molecule has 1 heterocycles. The van der Waals surface area contributed by atoms with Crippen molar-refractivity contribution in [3.05, 3.63) is 50.7 Å². The Kier molecular flexibility index (Phi) is 4.80. The number of rotatable bonds is 5. The molecule has 1 aromatic heterocycles. The Hall–Kier alpha value is -1.10. The Labute approximate surface area is 127 Å². The van der Waals surface area contributed by atoms with Gasteiger partial charge in [0.1, 0.15) is 4.99 Å². The van der Waals surface area contributed by atoms with E-state index in [9.17, 15) is 0 Å². The molecule has 2 nitrogen and oxygen atoms in total. The first-order valence-electron chi connectivity index (χ1n) is 6.00. The molecule has 0 aliphatic carbocycles. The molecule has 100 valence electrons. The molecule has 0 amide bonds. The van der Waals surface area contributed by atoms with Crippen LogP contribution in [-0.2, 0) is 13.0 Å². The molecule has 5 heteroatoms. The number of thiocarbonyl (C=S) groups is 1. The van der Waals surface area contributed by atoms with Crippen LogP contribution < -0.4 is 11.1 Å². The number of nitrogens with one attached hydrogen (secondary N) is 1. The summed E-state index contributed by atoms with van der Waals surface area (Å²) >= 11 is 12.9. The van der Waals surface area contributed by atoms with E-state index in [0.29, 0.717) is 10.0 Å². The van der Waals surface area contributed by atoms with E-state index in [1.807, 2.05) is 12.1 Å². The van der Waals surface area contributed by atoms with Gasteiger partial charge in [0, 0.05) is 17.0 Å². The second kappa shape index (κ2) is 6.37. The van der Waals surface area contributed by atoms with E-state index in [4.69, 9.17) is 29.6 Å². The van der Waals surface area contributed by atoms with E-state index < -0.39 is 0 Å². The van der Waals surface area contributed by atoms with E-state index in [2.05, 4.69) is 23.7 Å². The van der Waals surface area contributed by atoms with E-state index in [1.165, 1.54) is 10.4 Å². The lowest BCUT2D eigenvalue weighted by molar-refractivity contribution is 1.08. The fourth-order valence-electron chi connectivity index (χ4n) is 1.82. The van der Waals surface area contributed by atoms with Crippen molar-refractivity contribution in [3.63, 3.8) is 0 Å². The molecular weight excluding hydrogens is 296 g/mol. The highest BCUT2D eigenvalue weighted by Crippen LogP contribution is 2.25. The van der Waals surface area contributed by atoms with Gasteiger partial charge in [0.25, 0.3) is 0 Å². The predicted octanol–water partition coefficient (Wildman–Crippen LogP) is 4.21. The SMILES string of the molecule is CCc1ccsc1CNc1ccc(C(N)=S)cc1Cl. The van der Waals surface area contributed by atoms with E-state index in [-0.39, 0.29) is 0 Å². The number of thiophene rings is 1. The number of benzene rings is 1. The van der Waals surface area contributed by atoms with Crippen LogP contribution >= 0.6 is 35.2 Å². The Balaban J connectivity index is 2.10. The summed E-state index contributed by atoms with van der Waals surface area (Å²) < 4.78 is 0. The summed E-state index contributed by atoms with van der Waals surface area (Å²) in [5.74, 6) is 0. The van der Waals surface area contributed by atoms with Crippen molar-refractivity contribution >= 4 is 45.8 Å². The Bertz CT molecular complexity index is 593. The molecule has 0 atom stereocenters. The van der Waals surface area contributed by atoms with Crippen LogP contribution in [0.2, 0.25) is 5.02 Å². The third-order valence-corrected chi connectivity index (χ3v) is 4.42. The number of hydrogen-bond acceptors (Lipinski definition) is 3. The monoisotopic (exact) mass is 310 g/mol. The number of nitrogens with two attached hydrogens (primary N) is 1. The van der Waals surface area contributed by atoms with Crippen molar-refractivity contribution in [2.75, 3.05) is 5.32 Å². The highest BCUT2D eigenvalue weighted by atomic mass is 35.5. The molecule has 0 unspecified atom stereocenters. The quantitative estimate of drug-likeness (QED) is 0.812. The number of hydrogen-bond donors (Lipinski definition) is 2. The van der Waals surface area contributed by atoms with Gasteiger partial charge in [-0.3, -0.25) is 0 Å². The zero-order chi connectivity index (χ0) is 13.8. The second-order valence-electron chi connectivity index (χ2n) is 4.13. The molecule has 1 aromatic carbocycles. The molecule has 0 radical (unpaired) electrons.